The molecule has 1 aliphatic carbocycles. The van der Waals surface area contributed by atoms with Crippen LogP contribution in [-0.2, 0) is 11.3 Å². The molecule has 1 aliphatic rings. The third kappa shape index (κ3) is 2.99. The smallest absolute Gasteiger partial charge is 0.220 e. The molecule has 0 spiro atoms. The fourth-order valence-electron chi connectivity index (χ4n) is 2.12. The van der Waals surface area contributed by atoms with Crippen molar-refractivity contribution in [2.75, 3.05) is 5.73 Å². The summed E-state index contributed by atoms with van der Waals surface area (Å²) in [6, 6.07) is 5.82. The van der Waals surface area contributed by atoms with Gasteiger partial charge in [-0.15, -0.1) is 0 Å². The van der Waals surface area contributed by atoms with Crippen LogP contribution in [0.4, 0.5) is 5.69 Å². The first-order chi connectivity index (χ1) is 8.16. The first-order valence-corrected chi connectivity index (χ1v) is 6.27. The molecule has 1 fully saturated rings. The van der Waals surface area contributed by atoms with Crippen LogP contribution in [0.1, 0.15) is 36.8 Å². The molecule has 0 bridgehead atoms. The molecule has 1 aromatic carbocycles. The number of carbonyl (C=O) groups is 1. The molecule has 0 aromatic heterocycles. The number of nitrogens with one attached hydrogen (secondary N) is 1. The van der Waals surface area contributed by atoms with E-state index >= 15 is 0 Å². The Balaban J connectivity index is 1.84. The average molecular weight is 232 g/mol. The summed E-state index contributed by atoms with van der Waals surface area (Å²) >= 11 is 0. The fourth-order valence-corrected chi connectivity index (χ4v) is 2.12. The Morgan fingerprint density at radius 1 is 1.47 bits per heavy atom. The second kappa shape index (κ2) is 5.21. The van der Waals surface area contributed by atoms with E-state index in [-0.39, 0.29) is 5.91 Å². The van der Waals surface area contributed by atoms with Gasteiger partial charge in [-0.3, -0.25) is 4.79 Å². The number of amides is 1. The van der Waals surface area contributed by atoms with E-state index in [2.05, 4.69) is 5.32 Å². The Bertz CT molecular complexity index is 411. The van der Waals surface area contributed by atoms with Crippen molar-refractivity contribution in [3.8, 4) is 0 Å². The second-order valence-electron chi connectivity index (χ2n) is 4.91. The molecule has 2 rings (SSSR count). The van der Waals surface area contributed by atoms with E-state index in [1.165, 1.54) is 19.3 Å². The maximum atomic E-state index is 11.7. The minimum Gasteiger partial charge on any atom is -0.399 e. The monoisotopic (exact) mass is 232 g/mol. The normalized spacial score (nSPS) is 15.4. The van der Waals surface area contributed by atoms with Gasteiger partial charge in [-0.1, -0.05) is 18.6 Å². The van der Waals surface area contributed by atoms with E-state index < -0.39 is 0 Å². The Morgan fingerprint density at radius 2 is 2.24 bits per heavy atom. The van der Waals surface area contributed by atoms with Gasteiger partial charge in [0, 0.05) is 18.7 Å². The van der Waals surface area contributed by atoms with Gasteiger partial charge in [0.1, 0.15) is 0 Å². The molecule has 0 radical (unpaired) electrons. The molecule has 0 heterocycles. The summed E-state index contributed by atoms with van der Waals surface area (Å²) in [5, 5.41) is 2.97. The molecule has 3 nitrogen and oxygen atoms in total. The maximum absolute atomic E-state index is 11.7. The van der Waals surface area contributed by atoms with Crippen LogP contribution in [0.15, 0.2) is 18.2 Å². The third-order valence-electron chi connectivity index (χ3n) is 3.66. The first-order valence-electron chi connectivity index (χ1n) is 6.27. The van der Waals surface area contributed by atoms with Crippen LogP contribution in [0.5, 0.6) is 0 Å². The molecule has 0 unspecified atom stereocenters. The van der Waals surface area contributed by atoms with Crippen molar-refractivity contribution in [1.29, 1.82) is 0 Å². The zero-order valence-corrected chi connectivity index (χ0v) is 10.3. The predicted molar refractivity (Wildman–Crippen MR) is 69.4 cm³/mol. The highest BCUT2D eigenvalue weighted by atomic mass is 16.1. The van der Waals surface area contributed by atoms with Crippen LogP contribution in [0.25, 0.3) is 0 Å². The highest BCUT2D eigenvalue weighted by Gasteiger charge is 2.20. The molecule has 1 amide bonds. The molecule has 92 valence electrons. The van der Waals surface area contributed by atoms with Crippen molar-refractivity contribution >= 4 is 11.6 Å². The van der Waals surface area contributed by atoms with Gasteiger partial charge in [-0.25, -0.2) is 0 Å². The van der Waals surface area contributed by atoms with Gasteiger partial charge in [0.15, 0.2) is 0 Å². The Morgan fingerprint density at radius 3 is 2.88 bits per heavy atom. The molecule has 17 heavy (non-hydrogen) atoms. The lowest BCUT2D eigenvalue weighted by Crippen LogP contribution is -2.27. The summed E-state index contributed by atoms with van der Waals surface area (Å²) in [5.41, 5.74) is 8.78. The summed E-state index contributed by atoms with van der Waals surface area (Å²) in [5.74, 6) is 0.786. The number of benzene rings is 1. The lowest BCUT2D eigenvalue weighted by molar-refractivity contribution is -0.122. The summed E-state index contributed by atoms with van der Waals surface area (Å²) in [4.78, 5) is 11.7. The number of anilines is 1. The van der Waals surface area contributed by atoms with E-state index in [1.54, 1.807) is 0 Å². The van der Waals surface area contributed by atoms with Crippen molar-refractivity contribution in [2.24, 2.45) is 5.92 Å². The molecule has 1 aromatic rings. The van der Waals surface area contributed by atoms with Crippen molar-refractivity contribution in [2.45, 2.75) is 39.2 Å². The van der Waals surface area contributed by atoms with Crippen LogP contribution < -0.4 is 11.1 Å². The number of hydrogen-bond donors (Lipinski definition) is 2. The summed E-state index contributed by atoms with van der Waals surface area (Å²) in [7, 11) is 0. The predicted octanol–water partition coefficient (Wildman–Crippen LogP) is 2.38. The van der Waals surface area contributed by atoms with Crippen LogP contribution in [0.3, 0.4) is 0 Å². The fraction of sp³-hybridized carbons (Fsp3) is 0.500. The van der Waals surface area contributed by atoms with Gasteiger partial charge in [0.25, 0.3) is 0 Å². The summed E-state index contributed by atoms with van der Waals surface area (Å²) in [6.07, 6.45) is 4.39. The lowest BCUT2D eigenvalue weighted by atomic mass is 9.83. The number of rotatable bonds is 4. The largest absolute Gasteiger partial charge is 0.399 e. The van der Waals surface area contributed by atoms with Crippen molar-refractivity contribution in [3.63, 3.8) is 0 Å². The van der Waals surface area contributed by atoms with Gasteiger partial charge in [-0.05, 0) is 42.9 Å². The Labute approximate surface area is 102 Å². The highest BCUT2D eigenvalue weighted by Crippen LogP contribution is 2.29. The van der Waals surface area contributed by atoms with Crippen LogP contribution in [-0.4, -0.2) is 5.91 Å². The van der Waals surface area contributed by atoms with Crippen molar-refractivity contribution in [1.82, 2.24) is 5.32 Å². The second-order valence-corrected chi connectivity index (χ2v) is 4.91. The quantitative estimate of drug-likeness (QED) is 0.783. The number of carbonyl (C=O) groups excluding carboxylic acids is 1. The summed E-state index contributed by atoms with van der Waals surface area (Å²) in [6.45, 7) is 2.57. The Hall–Kier alpha value is -1.51. The van der Waals surface area contributed by atoms with Gasteiger partial charge < -0.3 is 11.1 Å². The molecule has 0 saturated heterocycles. The molecule has 0 atom stereocenters. The van der Waals surface area contributed by atoms with E-state index in [0.29, 0.717) is 18.9 Å². The van der Waals surface area contributed by atoms with Gasteiger partial charge in [-0.2, -0.15) is 0 Å². The third-order valence-corrected chi connectivity index (χ3v) is 3.66. The van der Waals surface area contributed by atoms with Gasteiger partial charge >= 0.3 is 0 Å². The van der Waals surface area contributed by atoms with Gasteiger partial charge in [0.05, 0.1) is 0 Å². The average Bonchev–Trinajstić information content (AvgIpc) is 2.26. The summed E-state index contributed by atoms with van der Waals surface area (Å²) < 4.78 is 0. The van der Waals surface area contributed by atoms with Crippen LogP contribution >= 0.6 is 0 Å². The molecular formula is C14H20N2O. The maximum Gasteiger partial charge on any atom is 0.220 e. The molecule has 3 N–H and O–H groups in total. The zero-order chi connectivity index (χ0) is 12.3. The highest BCUT2D eigenvalue weighted by molar-refractivity contribution is 5.76. The number of hydrogen-bond acceptors (Lipinski definition) is 2. The number of nitrogens with two attached hydrogens (primary N) is 1. The number of nitrogen functional groups attached to an aromatic ring is 1. The molecular weight excluding hydrogens is 212 g/mol. The van der Waals surface area contributed by atoms with E-state index in [4.69, 9.17) is 5.73 Å². The minimum absolute atomic E-state index is 0.163. The molecule has 3 heteroatoms. The molecule has 1 saturated carbocycles. The van der Waals surface area contributed by atoms with E-state index in [9.17, 15) is 4.79 Å². The van der Waals surface area contributed by atoms with Crippen LogP contribution in [0.2, 0.25) is 0 Å². The first kappa shape index (κ1) is 12.0. The van der Waals surface area contributed by atoms with Gasteiger partial charge in [0.2, 0.25) is 5.91 Å². The van der Waals surface area contributed by atoms with E-state index in [0.717, 1.165) is 16.8 Å². The SMILES string of the molecule is Cc1c(N)cccc1CNC(=O)CC1CCC1. The van der Waals surface area contributed by atoms with E-state index in [1.807, 2.05) is 25.1 Å². The van der Waals surface area contributed by atoms with Crippen LogP contribution in [0, 0.1) is 12.8 Å². The minimum atomic E-state index is 0.163. The van der Waals surface area contributed by atoms with Crippen molar-refractivity contribution < 1.29 is 4.79 Å². The zero-order valence-electron chi connectivity index (χ0n) is 10.3. The standard InChI is InChI=1S/C14H20N2O/c1-10-12(6-3-7-13(10)15)9-16-14(17)8-11-4-2-5-11/h3,6-7,11H,2,4-5,8-9,15H2,1H3,(H,16,17). The lowest BCUT2D eigenvalue weighted by Gasteiger charge is -2.24. The Kier molecular flexibility index (Phi) is 3.67. The topological polar surface area (TPSA) is 55.1 Å². The van der Waals surface area contributed by atoms with Crippen molar-refractivity contribution in [3.05, 3.63) is 29.3 Å². The molecule has 0 aliphatic heterocycles.